The van der Waals surface area contributed by atoms with Crippen LogP contribution in [0.5, 0.6) is 0 Å². The molecule has 1 aliphatic carbocycles. The maximum atomic E-state index is 12.2. The zero-order valence-corrected chi connectivity index (χ0v) is 12.2. The van der Waals surface area contributed by atoms with Gasteiger partial charge in [0.25, 0.3) is 0 Å². The highest BCUT2D eigenvalue weighted by Gasteiger charge is 2.25. The molecule has 0 spiro atoms. The van der Waals surface area contributed by atoms with Crippen LogP contribution in [0.2, 0.25) is 0 Å². The second kappa shape index (κ2) is 7.51. The highest BCUT2D eigenvalue weighted by molar-refractivity contribution is 5.92. The molecule has 2 N–H and O–H groups in total. The van der Waals surface area contributed by atoms with Crippen molar-refractivity contribution in [2.24, 2.45) is 11.7 Å². The Labute approximate surface area is 121 Å². The third-order valence-electron chi connectivity index (χ3n) is 3.92. The van der Waals surface area contributed by atoms with Crippen LogP contribution in [-0.4, -0.2) is 19.0 Å². The second-order valence-electron chi connectivity index (χ2n) is 5.20. The number of rotatable bonds is 3. The summed E-state index contributed by atoms with van der Waals surface area (Å²) < 4.78 is 0. The zero-order valence-electron chi connectivity index (χ0n) is 11.4. The molecule has 0 aromatic heterocycles. The van der Waals surface area contributed by atoms with Crippen LogP contribution in [0.15, 0.2) is 30.3 Å². The van der Waals surface area contributed by atoms with Crippen molar-refractivity contribution in [1.29, 1.82) is 0 Å². The van der Waals surface area contributed by atoms with E-state index in [0.29, 0.717) is 12.3 Å². The number of carbonyl (C=O) groups is 1. The van der Waals surface area contributed by atoms with Crippen molar-refractivity contribution in [3.05, 3.63) is 30.3 Å². The van der Waals surface area contributed by atoms with E-state index in [1.165, 1.54) is 12.8 Å². The van der Waals surface area contributed by atoms with Crippen molar-refractivity contribution in [3.8, 4) is 0 Å². The van der Waals surface area contributed by atoms with E-state index >= 15 is 0 Å². The molecule has 0 bridgehead atoms. The van der Waals surface area contributed by atoms with Crippen LogP contribution in [0.4, 0.5) is 5.69 Å². The number of halogens is 1. The van der Waals surface area contributed by atoms with Crippen molar-refractivity contribution in [2.45, 2.75) is 38.1 Å². The normalized spacial score (nSPS) is 22.4. The smallest absolute Gasteiger partial charge is 0.227 e. The molecule has 1 saturated carbocycles. The molecule has 2 rings (SSSR count). The average Bonchev–Trinajstić information content (AvgIpc) is 2.41. The third kappa shape index (κ3) is 4.22. The lowest BCUT2D eigenvalue weighted by atomic mass is 9.83. The van der Waals surface area contributed by atoms with E-state index in [1.54, 1.807) is 4.90 Å². The van der Waals surface area contributed by atoms with Crippen LogP contribution in [0.3, 0.4) is 0 Å². The summed E-state index contributed by atoms with van der Waals surface area (Å²) in [5, 5.41) is 0. The molecule has 1 fully saturated rings. The molecule has 4 heteroatoms. The molecule has 0 heterocycles. The van der Waals surface area contributed by atoms with Gasteiger partial charge in [0, 0.05) is 25.2 Å². The van der Waals surface area contributed by atoms with Gasteiger partial charge in [0.1, 0.15) is 0 Å². The molecule has 2 unspecified atom stereocenters. The molecule has 19 heavy (non-hydrogen) atoms. The number of carbonyl (C=O) groups excluding carboxylic acids is 1. The fourth-order valence-corrected chi connectivity index (χ4v) is 2.65. The van der Waals surface area contributed by atoms with Crippen LogP contribution in [0.1, 0.15) is 32.1 Å². The van der Waals surface area contributed by atoms with Crippen LogP contribution < -0.4 is 10.6 Å². The maximum absolute atomic E-state index is 12.2. The van der Waals surface area contributed by atoms with Crippen molar-refractivity contribution in [1.82, 2.24) is 0 Å². The summed E-state index contributed by atoms with van der Waals surface area (Å²) >= 11 is 0. The van der Waals surface area contributed by atoms with Crippen molar-refractivity contribution >= 4 is 24.0 Å². The zero-order chi connectivity index (χ0) is 13.0. The van der Waals surface area contributed by atoms with Gasteiger partial charge in [-0.2, -0.15) is 0 Å². The Morgan fingerprint density at radius 1 is 1.26 bits per heavy atom. The molecule has 1 amide bonds. The summed E-state index contributed by atoms with van der Waals surface area (Å²) in [6.45, 7) is 0. The minimum atomic E-state index is 0. The van der Waals surface area contributed by atoms with Gasteiger partial charge in [-0.05, 0) is 30.9 Å². The van der Waals surface area contributed by atoms with E-state index in [-0.39, 0.29) is 24.4 Å². The van der Waals surface area contributed by atoms with E-state index in [0.717, 1.165) is 18.5 Å². The third-order valence-corrected chi connectivity index (χ3v) is 3.92. The lowest BCUT2D eigenvalue weighted by Crippen LogP contribution is -2.37. The Balaban J connectivity index is 0.00000180. The van der Waals surface area contributed by atoms with Crippen LogP contribution >= 0.6 is 12.4 Å². The summed E-state index contributed by atoms with van der Waals surface area (Å²) in [5.74, 6) is 0.529. The Kier molecular flexibility index (Phi) is 6.32. The van der Waals surface area contributed by atoms with Crippen LogP contribution in [-0.2, 0) is 4.79 Å². The number of nitrogens with two attached hydrogens (primary N) is 1. The van der Waals surface area contributed by atoms with Crippen molar-refractivity contribution in [3.63, 3.8) is 0 Å². The first-order valence-electron chi connectivity index (χ1n) is 6.75. The molecule has 106 valence electrons. The van der Waals surface area contributed by atoms with E-state index in [2.05, 4.69) is 0 Å². The Hall–Kier alpha value is -1.06. The van der Waals surface area contributed by atoms with Crippen LogP contribution in [0, 0.1) is 5.92 Å². The minimum Gasteiger partial charge on any atom is -0.327 e. The summed E-state index contributed by atoms with van der Waals surface area (Å²) in [5.41, 5.74) is 7.05. The molecule has 3 nitrogen and oxygen atoms in total. The first-order valence-corrected chi connectivity index (χ1v) is 6.75. The topological polar surface area (TPSA) is 46.3 Å². The van der Waals surface area contributed by atoms with E-state index in [4.69, 9.17) is 5.73 Å². The molecule has 1 aliphatic rings. The van der Waals surface area contributed by atoms with E-state index < -0.39 is 0 Å². The van der Waals surface area contributed by atoms with Gasteiger partial charge in [0.05, 0.1) is 0 Å². The first-order chi connectivity index (χ1) is 8.68. The standard InChI is InChI=1S/C15H22N2O.ClH/c1-17(13-8-3-2-4-9-13)15(18)11-12-7-5-6-10-14(12)16;/h2-4,8-9,12,14H,5-7,10-11,16H2,1H3;1H. The maximum Gasteiger partial charge on any atom is 0.227 e. The van der Waals surface area contributed by atoms with Crippen molar-refractivity contribution in [2.75, 3.05) is 11.9 Å². The largest absolute Gasteiger partial charge is 0.327 e. The molecule has 1 aromatic rings. The molecule has 2 atom stereocenters. The predicted octanol–water partition coefficient (Wildman–Crippen LogP) is 2.98. The average molecular weight is 283 g/mol. The summed E-state index contributed by atoms with van der Waals surface area (Å²) in [6, 6.07) is 9.97. The molecular formula is C15H23ClN2O. The first kappa shape index (κ1) is 16.0. The Morgan fingerprint density at radius 2 is 1.89 bits per heavy atom. The SMILES string of the molecule is CN(C(=O)CC1CCCCC1N)c1ccccc1.Cl. The molecule has 0 saturated heterocycles. The minimum absolute atomic E-state index is 0. The van der Waals surface area contributed by atoms with Gasteiger partial charge in [0.15, 0.2) is 0 Å². The van der Waals surface area contributed by atoms with Gasteiger partial charge in [-0.15, -0.1) is 12.4 Å². The Morgan fingerprint density at radius 3 is 2.53 bits per heavy atom. The molecule has 1 aromatic carbocycles. The number of anilines is 1. The van der Waals surface area contributed by atoms with E-state index in [9.17, 15) is 4.79 Å². The fourth-order valence-electron chi connectivity index (χ4n) is 2.65. The second-order valence-corrected chi connectivity index (χ2v) is 5.20. The number of para-hydroxylation sites is 1. The monoisotopic (exact) mass is 282 g/mol. The lowest BCUT2D eigenvalue weighted by Gasteiger charge is -2.29. The van der Waals surface area contributed by atoms with Gasteiger partial charge >= 0.3 is 0 Å². The van der Waals surface area contributed by atoms with Gasteiger partial charge in [-0.1, -0.05) is 31.0 Å². The van der Waals surface area contributed by atoms with Gasteiger partial charge in [-0.25, -0.2) is 0 Å². The number of amides is 1. The van der Waals surface area contributed by atoms with Gasteiger partial charge < -0.3 is 10.6 Å². The van der Waals surface area contributed by atoms with Crippen molar-refractivity contribution < 1.29 is 4.79 Å². The highest BCUT2D eigenvalue weighted by atomic mass is 35.5. The van der Waals surface area contributed by atoms with Gasteiger partial charge in [0.2, 0.25) is 5.91 Å². The summed E-state index contributed by atoms with van der Waals surface area (Å²) in [7, 11) is 1.84. The number of hydrogen-bond donors (Lipinski definition) is 1. The molecule has 0 radical (unpaired) electrons. The molecule has 0 aliphatic heterocycles. The highest BCUT2D eigenvalue weighted by Crippen LogP contribution is 2.26. The Bertz CT molecular complexity index is 396. The molecular weight excluding hydrogens is 260 g/mol. The number of benzene rings is 1. The summed E-state index contributed by atoms with van der Waals surface area (Å²) in [6.07, 6.45) is 5.15. The fraction of sp³-hybridized carbons (Fsp3) is 0.533. The summed E-state index contributed by atoms with van der Waals surface area (Å²) in [4.78, 5) is 14.0. The van der Waals surface area contributed by atoms with Gasteiger partial charge in [-0.3, -0.25) is 4.79 Å². The lowest BCUT2D eigenvalue weighted by molar-refractivity contribution is -0.119. The quantitative estimate of drug-likeness (QED) is 0.926. The van der Waals surface area contributed by atoms with E-state index in [1.807, 2.05) is 37.4 Å². The predicted molar refractivity (Wildman–Crippen MR) is 81.7 cm³/mol. The number of nitrogens with zero attached hydrogens (tertiary/aromatic N) is 1. The van der Waals surface area contributed by atoms with Crippen LogP contribution in [0.25, 0.3) is 0 Å². The number of hydrogen-bond acceptors (Lipinski definition) is 2.